The third-order valence-corrected chi connectivity index (χ3v) is 3.38. The molecule has 0 atom stereocenters. The van der Waals surface area contributed by atoms with Gasteiger partial charge in [-0.1, -0.05) is 37.6 Å². The molecule has 1 N–H and O–H groups in total. The lowest BCUT2D eigenvalue weighted by atomic mass is 10.1. The van der Waals surface area contributed by atoms with Gasteiger partial charge in [-0.05, 0) is 43.1 Å². The molecule has 0 fully saturated rings. The highest BCUT2D eigenvalue weighted by molar-refractivity contribution is 6.31. The van der Waals surface area contributed by atoms with Crippen LogP contribution in [-0.2, 0) is 6.54 Å². The van der Waals surface area contributed by atoms with Crippen LogP contribution in [0.25, 0.3) is 11.3 Å². The zero-order valence-corrected chi connectivity index (χ0v) is 13.6. The second-order valence-electron chi connectivity index (χ2n) is 5.25. The van der Waals surface area contributed by atoms with E-state index in [1.807, 2.05) is 37.3 Å². The Balaban J connectivity index is 0.00000200. The average Bonchev–Trinajstić information content (AvgIpc) is 2.81. The Labute approximate surface area is 131 Å². The van der Waals surface area contributed by atoms with E-state index in [2.05, 4.69) is 19.2 Å². The van der Waals surface area contributed by atoms with E-state index in [1.54, 1.807) is 0 Å². The molecule has 0 amide bonds. The molecule has 0 saturated heterocycles. The second kappa shape index (κ2) is 7.72. The molecule has 0 unspecified atom stereocenters. The average molecular weight is 314 g/mol. The van der Waals surface area contributed by atoms with Gasteiger partial charge in [0.1, 0.15) is 11.5 Å². The SMILES string of the molecule is Cc1ccc(-c2ccc(CNCC(C)C)o2)cc1Cl.Cl. The number of furan rings is 1. The van der Waals surface area contributed by atoms with E-state index in [-0.39, 0.29) is 12.4 Å². The molecule has 0 bridgehead atoms. The Morgan fingerprint density at radius 1 is 1.20 bits per heavy atom. The quantitative estimate of drug-likeness (QED) is 0.833. The second-order valence-corrected chi connectivity index (χ2v) is 5.66. The molecule has 0 spiro atoms. The lowest BCUT2D eigenvalue weighted by molar-refractivity contribution is 0.472. The van der Waals surface area contributed by atoms with E-state index in [0.717, 1.165) is 40.8 Å². The predicted octanol–water partition coefficient (Wildman–Crippen LogP) is 5.08. The summed E-state index contributed by atoms with van der Waals surface area (Å²) in [6.07, 6.45) is 0. The maximum Gasteiger partial charge on any atom is 0.134 e. The summed E-state index contributed by atoms with van der Waals surface area (Å²) in [6.45, 7) is 8.13. The molecule has 1 aromatic heterocycles. The van der Waals surface area contributed by atoms with Crippen LogP contribution in [0.3, 0.4) is 0 Å². The van der Waals surface area contributed by atoms with Crippen LogP contribution in [0, 0.1) is 12.8 Å². The first kappa shape index (κ1) is 17.1. The molecule has 1 heterocycles. The maximum atomic E-state index is 6.13. The minimum absolute atomic E-state index is 0. The molecule has 0 aliphatic carbocycles. The number of rotatable bonds is 5. The van der Waals surface area contributed by atoms with Gasteiger partial charge < -0.3 is 9.73 Å². The third kappa shape index (κ3) is 4.55. The van der Waals surface area contributed by atoms with Gasteiger partial charge in [0.2, 0.25) is 0 Å². The van der Waals surface area contributed by atoms with Gasteiger partial charge in [0.25, 0.3) is 0 Å². The van der Waals surface area contributed by atoms with E-state index >= 15 is 0 Å². The fraction of sp³-hybridized carbons (Fsp3) is 0.375. The first-order valence-corrected chi connectivity index (χ1v) is 7.00. The van der Waals surface area contributed by atoms with Crippen LogP contribution < -0.4 is 5.32 Å². The van der Waals surface area contributed by atoms with Crippen molar-refractivity contribution in [2.45, 2.75) is 27.3 Å². The van der Waals surface area contributed by atoms with Gasteiger partial charge in [-0.15, -0.1) is 12.4 Å². The van der Waals surface area contributed by atoms with Crippen molar-refractivity contribution in [3.63, 3.8) is 0 Å². The molecule has 110 valence electrons. The lowest BCUT2D eigenvalue weighted by Crippen LogP contribution is -2.18. The number of aryl methyl sites for hydroxylation is 1. The summed E-state index contributed by atoms with van der Waals surface area (Å²) in [7, 11) is 0. The Morgan fingerprint density at radius 2 is 1.95 bits per heavy atom. The summed E-state index contributed by atoms with van der Waals surface area (Å²) in [4.78, 5) is 0. The van der Waals surface area contributed by atoms with Gasteiger partial charge in [-0.25, -0.2) is 0 Å². The van der Waals surface area contributed by atoms with Gasteiger partial charge in [0.15, 0.2) is 0 Å². The van der Waals surface area contributed by atoms with Gasteiger partial charge in [-0.2, -0.15) is 0 Å². The van der Waals surface area contributed by atoms with Crippen molar-refractivity contribution in [1.29, 1.82) is 0 Å². The minimum Gasteiger partial charge on any atom is -0.460 e. The molecule has 0 saturated carbocycles. The van der Waals surface area contributed by atoms with E-state index < -0.39 is 0 Å². The zero-order valence-electron chi connectivity index (χ0n) is 12.1. The number of hydrogen-bond donors (Lipinski definition) is 1. The molecule has 2 aromatic rings. The molecule has 4 heteroatoms. The zero-order chi connectivity index (χ0) is 13.8. The topological polar surface area (TPSA) is 25.2 Å². The van der Waals surface area contributed by atoms with E-state index in [9.17, 15) is 0 Å². The van der Waals surface area contributed by atoms with Crippen LogP contribution in [-0.4, -0.2) is 6.54 Å². The molecule has 2 rings (SSSR count). The molecule has 1 aromatic carbocycles. The minimum atomic E-state index is 0. The largest absolute Gasteiger partial charge is 0.460 e. The van der Waals surface area contributed by atoms with Crippen molar-refractivity contribution in [3.05, 3.63) is 46.7 Å². The van der Waals surface area contributed by atoms with Gasteiger partial charge in [-0.3, -0.25) is 0 Å². The van der Waals surface area contributed by atoms with Crippen molar-refractivity contribution >= 4 is 24.0 Å². The van der Waals surface area contributed by atoms with Crippen LogP contribution >= 0.6 is 24.0 Å². The van der Waals surface area contributed by atoms with Crippen molar-refractivity contribution in [1.82, 2.24) is 5.32 Å². The highest BCUT2D eigenvalue weighted by Crippen LogP contribution is 2.26. The molecule has 0 aliphatic rings. The van der Waals surface area contributed by atoms with Crippen molar-refractivity contribution in [2.75, 3.05) is 6.54 Å². The molecule has 2 nitrogen and oxygen atoms in total. The van der Waals surface area contributed by atoms with E-state index in [1.165, 1.54) is 0 Å². The molecule has 0 aliphatic heterocycles. The van der Waals surface area contributed by atoms with E-state index in [0.29, 0.717) is 5.92 Å². The Morgan fingerprint density at radius 3 is 2.60 bits per heavy atom. The van der Waals surface area contributed by atoms with Gasteiger partial charge in [0, 0.05) is 10.6 Å². The fourth-order valence-corrected chi connectivity index (χ4v) is 2.04. The Hall–Kier alpha value is -0.960. The maximum absolute atomic E-state index is 6.13. The molecular formula is C16H21Cl2NO. The van der Waals surface area contributed by atoms with Crippen LogP contribution in [0.4, 0.5) is 0 Å². The Kier molecular flexibility index (Phi) is 6.60. The summed E-state index contributed by atoms with van der Waals surface area (Å²) in [6, 6.07) is 9.99. The number of nitrogens with one attached hydrogen (secondary N) is 1. The van der Waals surface area contributed by atoms with Crippen molar-refractivity contribution in [2.24, 2.45) is 5.92 Å². The molecule has 20 heavy (non-hydrogen) atoms. The summed E-state index contributed by atoms with van der Waals surface area (Å²) >= 11 is 6.13. The molecule has 0 radical (unpaired) electrons. The lowest BCUT2D eigenvalue weighted by Gasteiger charge is -2.05. The fourth-order valence-electron chi connectivity index (χ4n) is 1.86. The van der Waals surface area contributed by atoms with Gasteiger partial charge >= 0.3 is 0 Å². The normalized spacial score (nSPS) is 10.7. The Bertz CT molecular complexity index is 549. The summed E-state index contributed by atoms with van der Waals surface area (Å²) in [5, 5.41) is 4.14. The first-order valence-electron chi connectivity index (χ1n) is 6.62. The van der Waals surface area contributed by atoms with Gasteiger partial charge in [0.05, 0.1) is 6.54 Å². The first-order chi connectivity index (χ1) is 9.06. The standard InChI is InChI=1S/C16H20ClNO.ClH/c1-11(2)9-18-10-14-6-7-16(19-14)13-5-4-12(3)15(17)8-13;/h4-8,11,18H,9-10H2,1-3H3;1H. The monoisotopic (exact) mass is 313 g/mol. The van der Waals surface area contributed by atoms with Crippen LogP contribution in [0.2, 0.25) is 5.02 Å². The van der Waals surface area contributed by atoms with Crippen LogP contribution in [0.5, 0.6) is 0 Å². The highest BCUT2D eigenvalue weighted by Gasteiger charge is 2.06. The number of hydrogen-bond acceptors (Lipinski definition) is 2. The summed E-state index contributed by atoms with van der Waals surface area (Å²) in [5.41, 5.74) is 2.10. The molecular weight excluding hydrogens is 293 g/mol. The number of halogens is 2. The predicted molar refractivity (Wildman–Crippen MR) is 87.7 cm³/mol. The van der Waals surface area contributed by atoms with Crippen molar-refractivity contribution < 1.29 is 4.42 Å². The third-order valence-electron chi connectivity index (χ3n) is 2.97. The van der Waals surface area contributed by atoms with Crippen LogP contribution in [0.1, 0.15) is 25.2 Å². The van der Waals surface area contributed by atoms with Crippen molar-refractivity contribution in [3.8, 4) is 11.3 Å². The summed E-state index contributed by atoms with van der Waals surface area (Å²) in [5.74, 6) is 2.46. The smallest absolute Gasteiger partial charge is 0.134 e. The highest BCUT2D eigenvalue weighted by atomic mass is 35.5. The van der Waals surface area contributed by atoms with E-state index in [4.69, 9.17) is 16.0 Å². The summed E-state index contributed by atoms with van der Waals surface area (Å²) < 4.78 is 5.83. The van der Waals surface area contributed by atoms with Crippen LogP contribution in [0.15, 0.2) is 34.7 Å². The number of benzene rings is 1.